The lowest BCUT2D eigenvalue weighted by atomic mass is 10.1. The SMILES string of the molecule is C#CC.CCC/C=C\CCOC1C=CC=C(N2CCOC(C(OC(C)=O)C(=O)OC(C)(C)C)C2=O)C=C1. The van der Waals surface area contributed by atoms with Gasteiger partial charge in [0.2, 0.25) is 6.10 Å². The Bertz CT molecular complexity index is 918. The molecule has 204 valence electrons. The monoisotopic (exact) mass is 515 g/mol. The number of hydrogen-bond acceptors (Lipinski definition) is 7. The van der Waals surface area contributed by atoms with Crippen LogP contribution in [0, 0.1) is 12.3 Å². The number of hydrogen-bond donors (Lipinski definition) is 0. The van der Waals surface area contributed by atoms with Crippen LogP contribution in [-0.4, -0.2) is 66.4 Å². The van der Waals surface area contributed by atoms with Crippen molar-refractivity contribution < 1.29 is 33.3 Å². The van der Waals surface area contributed by atoms with E-state index in [-0.39, 0.29) is 12.7 Å². The van der Waals surface area contributed by atoms with E-state index in [1.807, 2.05) is 24.3 Å². The first-order chi connectivity index (χ1) is 17.5. The van der Waals surface area contributed by atoms with Crippen molar-refractivity contribution in [3.8, 4) is 12.3 Å². The Morgan fingerprint density at radius 3 is 2.57 bits per heavy atom. The Morgan fingerprint density at radius 1 is 1.27 bits per heavy atom. The molecule has 3 unspecified atom stereocenters. The first-order valence-electron chi connectivity index (χ1n) is 12.6. The largest absolute Gasteiger partial charge is 0.457 e. The molecular weight excluding hydrogens is 474 g/mol. The molecule has 37 heavy (non-hydrogen) atoms. The van der Waals surface area contributed by atoms with Gasteiger partial charge in [-0.3, -0.25) is 9.59 Å². The minimum atomic E-state index is -1.49. The van der Waals surface area contributed by atoms with Gasteiger partial charge in [-0.1, -0.05) is 37.6 Å². The van der Waals surface area contributed by atoms with E-state index in [2.05, 4.69) is 31.4 Å². The molecule has 0 N–H and O–H groups in total. The van der Waals surface area contributed by atoms with Gasteiger partial charge in [0.1, 0.15) is 5.60 Å². The third-order valence-corrected chi connectivity index (χ3v) is 4.88. The van der Waals surface area contributed by atoms with Gasteiger partial charge in [0.15, 0.2) is 6.10 Å². The summed E-state index contributed by atoms with van der Waals surface area (Å²) in [5.74, 6) is 0.244. The highest BCUT2D eigenvalue weighted by molar-refractivity contribution is 5.91. The molecule has 1 aliphatic heterocycles. The second-order valence-corrected chi connectivity index (χ2v) is 9.35. The van der Waals surface area contributed by atoms with Crippen LogP contribution < -0.4 is 0 Å². The quantitative estimate of drug-likeness (QED) is 0.186. The molecule has 1 amide bonds. The zero-order chi connectivity index (χ0) is 27.8. The van der Waals surface area contributed by atoms with Crippen molar-refractivity contribution in [3.63, 3.8) is 0 Å². The fraction of sp³-hybridized carbons (Fsp3) is 0.552. The van der Waals surface area contributed by atoms with Gasteiger partial charge in [-0.2, -0.15) is 0 Å². The van der Waals surface area contributed by atoms with Gasteiger partial charge >= 0.3 is 11.9 Å². The van der Waals surface area contributed by atoms with Gasteiger partial charge in [-0.05, 0) is 58.8 Å². The molecule has 0 aromatic carbocycles. The molecule has 0 radical (unpaired) electrons. The Morgan fingerprint density at radius 2 is 1.95 bits per heavy atom. The molecule has 0 saturated carbocycles. The van der Waals surface area contributed by atoms with Crippen LogP contribution in [0.4, 0.5) is 0 Å². The maximum absolute atomic E-state index is 13.3. The van der Waals surface area contributed by atoms with Crippen LogP contribution in [-0.2, 0) is 33.3 Å². The lowest BCUT2D eigenvalue weighted by Gasteiger charge is -2.36. The molecule has 0 aromatic heterocycles. The van der Waals surface area contributed by atoms with Gasteiger partial charge < -0.3 is 23.8 Å². The van der Waals surface area contributed by atoms with Crippen molar-refractivity contribution in [2.24, 2.45) is 0 Å². The highest BCUT2D eigenvalue weighted by Crippen LogP contribution is 2.22. The molecule has 0 spiro atoms. The summed E-state index contributed by atoms with van der Waals surface area (Å²) in [6, 6.07) is 0. The van der Waals surface area contributed by atoms with Gasteiger partial charge in [0.25, 0.3) is 5.91 Å². The molecule has 0 bridgehead atoms. The Hall–Kier alpha value is -3.15. The van der Waals surface area contributed by atoms with Crippen molar-refractivity contribution in [2.75, 3.05) is 19.8 Å². The number of nitrogens with zero attached hydrogens (tertiary/aromatic N) is 1. The number of carbonyl (C=O) groups is 3. The minimum absolute atomic E-state index is 0.176. The number of morpholine rings is 1. The number of carbonyl (C=O) groups excluding carboxylic acids is 3. The number of amides is 1. The van der Waals surface area contributed by atoms with E-state index in [0.717, 1.165) is 19.3 Å². The van der Waals surface area contributed by atoms with Crippen molar-refractivity contribution in [2.45, 2.75) is 84.7 Å². The summed E-state index contributed by atoms with van der Waals surface area (Å²) in [7, 11) is 0. The fourth-order valence-corrected chi connectivity index (χ4v) is 3.39. The smallest absolute Gasteiger partial charge is 0.351 e. The summed E-state index contributed by atoms with van der Waals surface area (Å²) in [5.41, 5.74) is -0.181. The molecule has 1 fully saturated rings. The van der Waals surface area contributed by atoms with Gasteiger partial charge in [0.05, 0.1) is 19.3 Å². The Kier molecular flexibility index (Phi) is 14.3. The summed E-state index contributed by atoms with van der Waals surface area (Å²) < 4.78 is 22.0. The third-order valence-electron chi connectivity index (χ3n) is 4.88. The van der Waals surface area contributed by atoms with Gasteiger partial charge in [-0.25, -0.2) is 4.79 Å². The van der Waals surface area contributed by atoms with Crippen LogP contribution in [0.15, 0.2) is 48.2 Å². The van der Waals surface area contributed by atoms with E-state index >= 15 is 0 Å². The van der Waals surface area contributed by atoms with Crippen molar-refractivity contribution in [1.82, 2.24) is 4.90 Å². The number of allylic oxidation sites excluding steroid dienone is 4. The number of unbranched alkanes of at least 4 members (excludes halogenated alkanes) is 1. The number of esters is 2. The van der Waals surface area contributed by atoms with Gasteiger partial charge in [0, 0.05) is 19.2 Å². The zero-order valence-corrected chi connectivity index (χ0v) is 22.9. The normalized spacial score (nSPS) is 20.3. The average Bonchev–Trinajstić information content (AvgIpc) is 3.05. The summed E-state index contributed by atoms with van der Waals surface area (Å²) >= 11 is 0. The Labute approximate surface area is 221 Å². The van der Waals surface area contributed by atoms with Crippen LogP contribution in [0.25, 0.3) is 0 Å². The van der Waals surface area contributed by atoms with E-state index in [1.165, 1.54) is 11.8 Å². The van der Waals surface area contributed by atoms with Crippen LogP contribution in [0.3, 0.4) is 0 Å². The van der Waals surface area contributed by atoms with Crippen LogP contribution in [0.2, 0.25) is 0 Å². The maximum atomic E-state index is 13.3. The molecular formula is C29H41NO7. The van der Waals surface area contributed by atoms with Crippen LogP contribution in [0.5, 0.6) is 0 Å². The summed E-state index contributed by atoms with van der Waals surface area (Å²) in [5, 5.41) is 0. The molecule has 1 aliphatic carbocycles. The standard InChI is InChI=1S/C26H37NO7.C3H4/c1-6-7-8-9-10-17-31-21-13-11-12-20(14-15-21)27-16-18-32-22(24(27)29)23(33-19(2)28)25(30)34-26(3,4)5;1-3-2/h8-9,11-15,21-23H,6-7,10,16-18H2,1-5H3;1H,2H3/b9-8-;. The predicted molar refractivity (Wildman–Crippen MR) is 142 cm³/mol. The molecule has 8 nitrogen and oxygen atoms in total. The predicted octanol–water partition coefficient (Wildman–Crippen LogP) is 4.27. The minimum Gasteiger partial charge on any atom is -0.457 e. The van der Waals surface area contributed by atoms with Gasteiger partial charge in [-0.15, -0.1) is 12.3 Å². The molecule has 8 heteroatoms. The number of rotatable bonds is 10. The molecule has 0 aromatic rings. The van der Waals surface area contributed by atoms with Crippen molar-refractivity contribution in [1.29, 1.82) is 0 Å². The van der Waals surface area contributed by atoms with Crippen molar-refractivity contribution >= 4 is 17.8 Å². The number of terminal acetylenes is 1. The highest BCUT2D eigenvalue weighted by Gasteiger charge is 2.44. The number of ether oxygens (including phenoxy) is 4. The average molecular weight is 516 g/mol. The summed E-state index contributed by atoms with van der Waals surface area (Å²) in [6.07, 6.45) is 18.1. The summed E-state index contributed by atoms with van der Waals surface area (Å²) in [4.78, 5) is 39.1. The zero-order valence-electron chi connectivity index (χ0n) is 22.9. The summed E-state index contributed by atoms with van der Waals surface area (Å²) in [6.45, 7) is 11.1. The van der Waals surface area contributed by atoms with E-state index in [1.54, 1.807) is 33.8 Å². The molecule has 3 atom stereocenters. The molecule has 1 heterocycles. The van der Waals surface area contributed by atoms with Crippen LogP contribution in [0.1, 0.15) is 60.8 Å². The topological polar surface area (TPSA) is 91.4 Å². The van der Waals surface area contributed by atoms with Crippen molar-refractivity contribution in [3.05, 3.63) is 48.2 Å². The highest BCUT2D eigenvalue weighted by atomic mass is 16.6. The van der Waals surface area contributed by atoms with E-state index in [0.29, 0.717) is 18.8 Å². The lowest BCUT2D eigenvalue weighted by molar-refractivity contribution is -0.192. The van der Waals surface area contributed by atoms with E-state index < -0.39 is 35.7 Å². The molecule has 2 aliphatic rings. The molecule has 1 saturated heterocycles. The second-order valence-electron chi connectivity index (χ2n) is 9.35. The van der Waals surface area contributed by atoms with E-state index in [4.69, 9.17) is 18.9 Å². The maximum Gasteiger partial charge on any atom is 0.351 e. The first-order valence-corrected chi connectivity index (χ1v) is 12.6. The second kappa shape index (κ2) is 16.6. The molecule has 2 rings (SSSR count). The van der Waals surface area contributed by atoms with Crippen LogP contribution >= 0.6 is 0 Å². The third kappa shape index (κ3) is 12.1. The van der Waals surface area contributed by atoms with E-state index in [9.17, 15) is 14.4 Å². The first kappa shape index (κ1) is 31.9. The fourth-order valence-electron chi connectivity index (χ4n) is 3.39. The lowest BCUT2D eigenvalue weighted by Crippen LogP contribution is -2.55. The Balaban J connectivity index is 0.00000217.